The van der Waals surface area contributed by atoms with E-state index in [2.05, 4.69) is 31.4 Å². The van der Waals surface area contributed by atoms with Crippen LogP contribution in [-0.2, 0) is 0 Å². The van der Waals surface area contributed by atoms with Crippen molar-refractivity contribution >= 4 is 27.9 Å². The van der Waals surface area contributed by atoms with Gasteiger partial charge in [-0.15, -0.1) is 11.3 Å². The molecule has 0 fully saturated rings. The van der Waals surface area contributed by atoms with E-state index in [0.29, 0.717) is 34.8 Å². The molecule has 1 unspecified atom stereocenters. The van der Waals surface area contributed by atoms with E-state index in [1.54, 1.807) is 7.11 Å². The number of nitrogen functional groups attached to an aromatic ring is 1. The summed E-state index contributed by atoms with van der Waals surface area (Å²) in [6.07, 6.45) is 1.89. The highest BCUT2D eigenvalue weighted by Gasteiger charge is 2.23. The van der Waals surface area contributed by atoms with Crippen LogP contribution in [0.3, 0.4) is 0 Å². The molecule has 0 aliphatic rings. The van der Waals surface area contributed by atoms with Gasteiger partial charge in [0.2, 0.25) is 0 Å². The molecule has 5 nitrogen and oxygen atoms in total. The Kier molecular flexibility index (Phi) is 6.81. The summed E-state index contributed by atoms with van der Waals surface area (Å²) in [5, 5.41) is 7.14. The topological polar surface area (TPSA) is 76.4 Å². The van der Waals surface area contributed by atoms with Crippen LogP contribution in [0.15, 0.2) is 0 Å². The summed E-state index contributed by atoms with van der Waals surface area (Å²) in [5.41, 5.74) is 6.48. The molecule has 6 heteroatoms. The van der Waals surface area contributed by atoms with Crippen molar-refractivity contribution in [3.63, 3.8) is 0 Å². The Hall–Kier alpha value is -1.43. The Balaban J connectivity index is 3.02. The van der Waals surface area contributed by atoms with Crippen LogP contribution in [0.25, 0.3) is 0 Å². The minimum absolute atomic E-state index is 0.136. The molecule has 0 bridgehead atoms. The smallest absolute Gasteiger partial charge is 0.263 e. The van der Waals surface area contributed by atoms with E-state index in [0.717, 1.165) is 17.8 Å². The minimum atomic E-state index is -0.136. The van der Waals surface area contributed by atoms with Crippen molar-refractivity contribution in [3.05, 3.63) is 4.88 Å². The fourth-order valence-electron chi connectivity index (χ4n) is 2.12. The van der Waals surface area contributed by atoms with Crippen LogP contribution in [-0.4, -0.2) is 25.6 Å². The van der Waals surface area contributed by atoms with Crippen molar-refractivity contribution in [2.75, 3.05) is 24.7 Å². The number of nitrogens with one attached hydrogen (secondary N) is 2. The van der Waals surface area contributed by atoms with Gasteiger partial charge >= 0.3 is 0 Å². The Morgan fingerprint density at radius 1 is 1.38 bits per heavy atom. The van der Waals surface area contributed by atoms with Gasteiger partial charge in [-0.1, -0.05) is 27.7 Å². The lowest BCUT2D eigenvalue weighted by Crippen LogP contribution is -2.24. The van der Waals surface area contributed by atoms with E-state index in [9.17, 15) is 4.79 Å². The van der Waals surface area contributed by atoms with Crippen molar-refractivity contribution in [1.29, 1.82) is 0 Å². The van der Waals surface area contributed by atoms with Crippen molar-refractivity contribution in [3.8, 4) is 5.75 Å². The number of carbonyl (C=O) groups excluding carboxylic acids is 1. The normalized spacial score (nSPS) is 12.3. The fraction of sp³-hybridized carbons (Fsp3) is 0.667. The van der Waals surface area contributed by atoms with E-state index < -0.39 is 0 Å². The van der Waals surface area contributed by atoms with Crippen LogP contribution in [0.2, 0.25) is 0 Å². The maximum absolute atomic E-state index is 12.1. The number of anilines is 2. The first-order valence-corrected chi connectivity index (χ1v) is 8.28. The van der Waals surface area contributed by atoms with E-state index in [1.165, 1.54) is 11.3 Å². The number of hydrogen-bond acceptors (Lipinski definition) is 5. The monoisotopic (exact) mass is 313 g/mol. The quantitative estimate of drug-likeness (QED) is 0.688. The van der Waals surface area contributed by atoms with Gasteiger partial charge in [0, 0.05) is 12.6 Å². The first-order valence-electron chi connectivity index (χ1n) is 7.47. The zero-order valence-corrected chi connectivity index (χ0v) is 14.4. The number of nitrogens with two attached hydrogens (primary N) is 1. The summed E-state index contributed by atoms with van der Waals surface area (Å²) >= 11 is 1.36. The second-order valence-electron chi connectivity index (χ2n) is 5.37. The number of carbonyl (C=O) groups is 1. The lowest BCUT2D eigenvalue weighted by Gasteiger charge is -2.21. The summed E-state index contributed by atoms with van der Waals surface area (Å²) in [7, 11) is 1.58. The number of hydrogen-bond donors (Lipinski definition) is 3. The molecule has 0 aliphatic carbocycles. The SMILES string of the molecule is CCCNC(=O)c1sc(NC(CC)C(C)C)c(OC)c1N. The lowest BCUT2D eigenvalue weighted by molar-refractivity contribution is 0.0958. The molecule has 1 aromatic heterocycles. The Bertz CT molecular complexity index is 472. The molecule has 0 saturated heterocycles. The van der Waals surface area contributed by atoms with Gasteiger partial charge in [-0.2, -0.15) is 0 Å². The molecule has 21 heavy (non-hydrogen) atoms. The summed E-state index contributed by atoms with van der Waals surface area (Å²) in [6.45, 7) is 9.12. The Morgan fingerprint density at radius 3 is 2.52 bits per heavy atom. The first kappa shape index (κ1) is 17.6. The minimum Gasteiger partial charge on any atom is -0.492 e. The maximum Gasteiger partial charge on any atom is 0.263 e. The van der Waals surface area contributed by atoms with Gasteiger partial charge in [-0.25, -0.2) is 0 Å². The summed E-state index contributed by atoms with van der Waals surface area (Å²) in [5.74, 6) is 0.921. The van der Waals surface area contributed by atoms with Gasteiger partial charge in [0.15, 0.2) is 5.75 Å². The largest absolute Gasteiger partial charge is 0.492 e. The zero-order valence-electron chi connectivity index (χ0n) is 13.6. The van der Waals surface area contributed by atoms with Crippen molar-refractivity contribution in [2.24, 2.45) is 5.92 Å². The molecular formula is C15H27N3O2S. The third kappa shape index (κ3) is 4.27. The second kappa shape index (κ2) is 8.12. The molecule has 1 aromatic rings. The number of rotatable bonds is 8. The molecular weight excluding hydrogens is 286 g/mol. The summed E-state index contributed by atoms with van der Waals surface area (Å²) < 4.78 is 5.38. The fourth-order valence-corrected chi connectivity index (χ4v) is 3.19. The third-order valence-electron chi connectivity index (χ3n) is 3.41. The van der Waals surface area contributed by atoms with E-state index in [4.69, 9.17) is 10.5 Å². The molecule has 1 amide bonds. The van der Waals surface area contributed by atoms with Gasteiger partial charge in [0.25, 0.3) is 5.91 Å². The molecule has 0 spiro atoms. The Morgan fingerprint density at radius 2 is 2.05 bits per heavy atom. The van der Waals surface area contributed by atoms with Crippen molar-refractivity contribution in [1.82, 2.24) is 5.32 Å². The van der Waals surface area contributed by atoms with Gasteiger partial charge in [-0.3, -0.25) is 4.79 Å². The molecule has 1 heterocycles. The number of ether oxygens (including phenoxy) is 1. The van der Waals surface area contributed by atoms with E-state index in [-0.39, 0.29) is 5.91 Å². The van der Waals surface area contributed by atoms with Gasteiger partial charge in [0.05, 0.1) is 7.11 Å². The highest BCUT2D eigenvalue weighted by molar-refractivity contribution is 7.19. The average Bonchev–Trinajstić information content (AvgIpc) is 2.77. The molecule has 1 rings (SSSR count). The van der Waals surface area contributed by atoms with Crippen molar-refractivity contribution < 1.29 is 9.53 Å². The predicted molar refractivity (Wildman–Crippen MR) is 90.4 cm³/mol. The van der Waals surface area contributed by atoms with E-state index >= 15 is 0 Å². The highest BCUT2D eigenvalue weighted by atomic mass is 32.1. The van der Waals surface area contributed by atoms with Crippen molar-refractivity contribution in [2.45, 2.75) is 46.6 Å². The van der Waals surface area contributed by atoms with Crippen LogP contribution < -0.4 is 21.1 Å². The predicted octanol–water partition coefficient (Wildman–Crippen LogP) is 3.33. The zero-order chi connectivity index (χ0) is 16.0. The van der Waals surface area contributed by atoms with Crippen LogP contribution in [0.4, 0.5) is 10.7 Å². The number of amides is 1. The first-order chi connectivity index (χ1) is 9.96. The van der Waals surface area contributed by atoms with Gasteiger partial charge in [0.1, 0.15) is 15.6 Å². The Labute approximate surface area is 131 Å². The summed E-state index contributed by atoms with van der Waals surface area (Å²) in [6, 6.07) is 0.323. The number of methoxy groups -OCH3 is 1. The molecule has 4 N–H and O–H groups in total. The molecule has 120 valence electrons. The summed E-state index contributed by atoms with van der Waals surface area (Å²) in [4.78, 5) is 12.6. The van der Waals surface area contributed by atoms with Gasteiger partial charge < -0.3 is 21.1 Å². The lowest BCUT2D eigenvalue weighted by atomic mass is 10.0. The highest BCUT2D eigenvalue weighted by Crippen LogP contribution is 2.43. The van der Waals surface area contributed by atoms with Gasteiger partial charge in [-0.05, 0) is 18.8 Å². The number of thiophene rings is 1. The molecule has 0 aliphatic heterocycles. The maximum atomic E-state index is 12.1. The molecule has 1 atom stereocenters. The van der Waals surface area contributed by atoms with E-state index in [1.807, 2.05) is 6.92 Å². The second-order valence-corrected chi connectivity index (χ2v) is 6.39. The molecule has 0 radical (unpaired) electrons. The van der Waals surface area contributed by atoms with Crippen LogP contribution in [0.1, 0.15) is 50.2 Å². The van der Waals surface area contributed by atoms with Crippen LogP contribution >= 0.6 is 11.3 Å². The van der Waals surface area contributed by atoms with Crippen LogP contribution in [0.5, 0.6) is 5.75 Å². The standard InChI is InChI=1S/C15H27N3O2S/c1-6-8-17-14(19)13-11(16)12(20-5)15(21-13)18-10(7-2)9(3)4/h9-10,18H,6-8,16H2,1-5H3,(H,17,19). The average molecular weight is 313 g/mol. The molecule has 0 aromatic carbocycles. The van der Waals surface area contributed by atoms with Crippen LogP contribution in [0, 0.1) is 5.92 Å². The molecule has 0 saturated carbocycles. The third-order valence-corrected chi connectivity index (χ3v) is 4.52.